The van der Waals surface area contributed by atoms with E-state index in [2.05, 4.69) is 17.6 Å². The Labute approximate surface area is 90.2 Å². The van der Waals surface area contributed by atoms with Crippen LogP contribution in [-0.4, -0.2) is 38.1 Å². The van der Waals surface area contributed by atoms with Crippen molar-refractivity contribution in [3.05, 3.63) is 0 Å². The van der Waals surface area contributed by atoms with E-state index in [1.54, 1.807) is 0 Å². The quantitative estimate of drug-likeness (QED) is 0.546. The van der Waals surface area contributed by atoms with E-state index in [0.717, 1.165) is 6.54 Å². The maximum absolute atomic E-state index is 11.4. The van der Waals surface area contributed by atoms with Crippen LogP contribution < -0.4 is 15.5 Å². The van der Waals surface area contributed by atoms with Gasteiger partial charge in [0, 0.05) is 7.05 Å². The summed E-state index contributed by atoms with van der Waals surface area (Å²) in [5.74, 6) is -0.196. The van der Waals surface area contributed by atoms with Gasteiger partial charge in [0.2, 0.25) is 0 Å². The van der Waals surface area contributed by atoms with Crippen LogP contribution in [0.2, 0.25) is 0 Å². The second-order valence-corrected chi connectivity index (χ2v) is 4.11. The van der Waals surface area contributed by atoms with Crippen LogP contribution in [0.25, 0.3) is 0 Å². The first-order valence-corrected chi connectivity index (χ1v) is 5.49. The van der Waals surface area contributed by atoms with Crippen molar-refractivity contribution in [3.63, 3.8) is 0 Å². The molecule has 15 heavy (non-hydrogen) atoms. The zero-order valence-electron chi connectivity index (χ0n) is 9.43. The average molecular weight is 214 g/mol. The third-order valence-corrected chi connectivity index (χ3v) is 2.95. The van der Waals surface area contributed by atoms with Gasteiger partial charge < -0.3 is 10.2 Å². The molecule has 1 rings (SSSR count). The van der Waals surface area contributed by atoms with Gasteiger partial charge in [-0.15, -0.1) is 0 Å². The van der Waals surface area contributed by atoms with Crippen LogP contribution in [-0.2, 0) is 4.79 Å². The first kappa shape index (κ1) is 12.0. The zero-order valence-corrected chi connectivity index (χ0v) is 9.43. The first-order chi connectivity index (χ1) is 7.13. The van der Waals surface area contributed by atoms with Gasteiger partial charge in [-0.2, -0.15) is 0 Å². The van der Waals surface area contributed by atoms with Gasteiger partial charge in [0.15, 0.2) is 6.54 Å². The van der Waals surface area contributed by atoms with E-state index in [1.807, 2.05) is 0 Å². The van der Waals surface area contributed by atoms with E-state index in [-0.39, 0.29) is 5.91 Å². The van der Waals surface area contributed by atoms with Crippen LogP contribution in [0.15, 0.2) is 0 Å². The Balaban J connectivity index is 2.33. The van der Waals surface area contributed by atoms with Crippen LogP contribution in [0.3, 0.4) is 0 Å². The van der Waals surface area contributed by atoms with Gasteiger partial charge >= 0.3 is 6.03 Å². The summed E-state index contributed by atoms with van der Waals surface area (Å²) in [5, 5.41) is 4.65. The molecule has 1 heterocycles. The molecule has 1 aliphatic heterocycles. The summed E-state index contributed by atoms with van der Waals surface area (Å²) in [5.41, 5.74) is 0. The Morgan fingerprint density at radius 2 is 2.13 bits per heavy atom. The summed E-state index contributed by atoms with van der Waals surface area (Å²) in [4.78, 5) is 23.6. The van der Waals surface area contributed by atoms with Crippen LogP contribution in [0, 0.1) is 0 Å². The lowest BCUT2D eigenvalue weighted by molar-refractivity contribution is -0.920. The number of hydrogen-bond donors (Lipinski definition) is 3. The Morgan fingerprint density at radius 3 is 2.73 bits per heavy atom. The SMILES string of the molecule is CNC(=O)NC(=O)C[NH+]1CCCC[C@H]1C. The second kappa shape index (κ2) is 5.70. The second-order valence-electron chi connectivity index (χ2n) is 4.11. The fourth-order valence-corrected chi connectivity index (χ4v) is 1.96. The minimum Gasteiger partial charge on any atom is -0.341 e. The molecule has 5 nitrogen and oxygen atoms in total. The zero-order chi connectivity index (χ0) is 11.3. The number of rotatable bonds is 2. The van der Waals surface area contributed by atoms with Crippen molar-refractivity contribution in [2.75, 3.05) is 20.1 Å². The highest BCUT2D eigenvalue weighted by molar-refractivity contribution is 5.94. The highest BCUT2D eigenvalue weighted by atomic mass is 16.2. The molecule has 1 fully saturated rings. The topological polar surface area (TPSA) is 62.6 Å². The van der Waals surface area contributed by atoms with E-state index in [1.165, 1.54) is 31.2 Å². The van der Waals surface area contributed by atoms with E-state index in [9.17, 15) is 9.59 Å². The summed E-state index contributed by atoms with van der Waals surface area (Å²) < 4.78 is 0. The number of nitrogens with one attached hydrogen (secondary N) is 3. The van der Waals surface area contributed by atoms with Crippen LogP contribution in [0.4, 0.5) is 4.79 Å². The van der Waals surface area contributed by atoms with Crippen LogP contribution in [0.5, 0.6) is 0 Å². The number of carbonyl (C=O) groups is 2. The molecule has 1 unspecified atom stereocenters. The number of carbonyl (C=O) groups excluding carboxylic acids is 2. The Bertz CT molecular complexity index is 243. The first-order valence-electron chi connectivity index (χ1n) is 5.49. The van der Waals surface area contributed by atoms with E-state index < -0.39 is 6.03 Å². The van der Waals surface area contributed by atoms with Gasteiger partial charge in [-0.25, -0.2) is 4.79 Å². The maximum Gasteiger partial charge on any atom is 0.321 e. The Morgan fingerprint density at radius 1 is 1.40 bits per heavy atom. The summed E-state index contributed by atoms with van der Waals surface area (Å²) >= 11 is 0. The van der Waals surface area contributed by atoms with Gasteiger partial charge in [0.1, 0.15) is 0 Å². The number of hydrogen-bond acceptors (Lipinski definition) is 2. The number of likely N-dealkylation sites (tertiary alicyclic amines) is 1. The summed E-state index contributed by atoms with van der Waals surface area (Å²) in [6.45, 7) is 3.58. The number of imide groups is 1. The number of amides is 3. The van der Waals surface area contributed by atoms with Crippen LogP contribution in [0.1, 0.15) is 26.2 Å². The van der Waals surface area contributed by atoms with Crippen molar-refractivity contribution in [2.24, 2.45) is 0 Å². The number of urea groups is 1. The molecule has 0 aromatic rings. The average Bonchev–Trinajstić information content (AvgIpc) is 2.21. The van der Waals surface area contributed by atoms with Crippen molar-refractivity contribution < 1.29 is 14.5 Å². The predicted octanol–water partition coefficient (Wildman–Crippen LogP) is -1.10. The van der Waals surface area contributed by atoms with Gasteiger partial charge in [0.25, 0.3) is 5.91 Å². The van der Waals surface area contributed by atoms with Gasteiger partial charge in [0.05, 0.1) is 12.6 Å². The predicted molar refractivity (Wildman–Crippen MR) is 56.6 cm³/mol. The monoisotopic (exact) mass is 214 g/mol. The number of piperidine rings is 1. The molecule has 1 aliphatic rings. The highest BCUT2D eigenvalue weighted by Crippen LogP contribution is 2.01. The van der Waals surface area contributed by atoms with Crippen molar-refractivity contribution in [1.82, 2.24) is 10.6 Å². The third kappa shape index (κ3) is 3.87. The summed E-state index contributed by atoms with van der Waals surface area (Å²) in [7, 11) is 1.50. The van der Waals surface area contributed by atoms with E-state index >= 15 is 0 Å². The van der Waals surface area contributed by atoms with E-state index in [4.69, 9.17) is 0 Å². The molecule has 0 bridgehead atoms. The minimum atomic E-state index is -0.427. The molecule has 5 heteroatoms. The molecule has 0 aliphatic carbocycles. The fourth-order valence-electron chi connectivity index (χ4n) is 1.96. The molecule has 0 aromatic heterocycles. The molecule has 2 atom stereocenters. The van der Waals surface area contributed by atoms with Crippen LogP contribution >= 0.6 is 0 Å². The molecule has 3 amide bonds. The Hall–Kier alpha value is -1.10. The summed E-state index contributed by atoms with van der Waals surface area (Å²) in [6.07, 6.45) is 3.59. The molecular formula is C10H20N3O2+. The summed E-state index contributed by atoms with van der Waals surface area (Å²) in [6, 6.07) is 0.0956. The molecule has 0 radical (unpaired) electrons. The molecule has 1 saturated heterocycles. The van der Waals surface area contributed by atoms with Gasteiger partial charge in [-0.05, 0) is 26.2 Å². The molecule has 0 spiro atoms. The molecular weight excluding hydrogens is 194 g/mol. The lowest BCUT2D eigenvalue weighted by Gasteiger charge is -2.29. The molecule has 0 saturated carbocycles. The van der Waals surface area contributed by atoms with E-state index in [0.29, 0.717) is 12.6 Å². The smallest absolute Gasteiger partial charge is 0.321 e. The largest absolute Gasteiger partial charge is 0.341 e. The molecule has 86 valence electrons. The van der Waals surface area contributed by atoms with Crippen molar-refractivity contribution >= 4 is 11.9 Å². The highest BCUT2D eigenvalue weighted by Gasteiger charge is 2.24. The molecule has 0 aromatic carbocycles. The fraction of sp³-hybridized carbons (Fsp3) is 0.800. The lowest BCUT2D eigenvalue weighted by atomic mass is 10.0. The standard InChI is InChI=1S/C10H19N3O2/c1-8-5-3-4-6-13(8)7-9(14)12-10(15)11-2/h8H,3-7H2,1-2H3,(H2,11,12,14,15)/p+1/t8-/m1/s1. The van der Waals surface area contributed by atoms with Crippen molar-refractivity contribution in [1.29, 1.82) is 0 Å². The van der Waals surface area contributed by atoms with Crippen molar-refractivity contribution in [2.45, 2.75) is 32.2 Å². The third-order valence-electron chi connectivity index (χ3n) is 2.95. The van der Waals surface area contributed by atoms with Gasteiger partial charge in [-0.1, -0.05) is 0 Å². The molecule has 3 N–H and O–H groups in total. The minimum absolute atomic E-state index is 0.196. The van der Waals surface area contributed by atoms with Gasteiger partial charge in [-0.3, -0.25) is 10.1 Å². The maximum atomic E-state index is 11.4. The number of quaternary nitrogens is 1. The normalized spacial score (nSPS) is 25.7. The van der Waals surface area contributed by atoms with Crippen molar-refractivity contribution in [3.8, 4) is 0 Å². The lowest BCUT2D eigenvalue weighted by Crippen LogP contribution is -3.17. The Kier molecular flexibility index (Phi) is 4.55.